The van der Waals surface area contributed by atoms with Crippen molar-refractivity contribution in [1.29, 1.82) is 0 Å². The normalized spacial score (nSPS) is 11.3. The van der Waals surface area contributed by atoms with Crippen molar-refractivity contribution < 1.29 is 0 Å². The minimum absolute atomic E-state index is 0.638. The second-order valence-corrected chi connectivity index (χ2v) is 6.10. The average molecular weight is 362 g/mol. The lowest BCUT2D eigenvalue weighted by Crippen LogP contribution is -1.82. The molecule has 0 N–H and O–H groups in total. The van der Waals surface area contributed by atoms with E-state index in [4.69, 9.17) is 0 Å². The van der Waals surface area contributed by atoms with E-state index in [-0.39, 0.29) is 0 Å². The van der Waals surface area contributed by atoms with E-state index in [1.54, 1.807) is 12.4 Å². The van der Waals surface area contributed by atoms with Crippen LogP contribution in [0.25, 0.3) is 22.3 Å². The second kappa shape index (κ2) is 8.64. The topological polar surface area (TPSA) is 50.5 Å². The van der Waals surface area contributed by atoms with E-state index in [0.29, 0.717) is 11.6 Å². The molecule has 0 spiro atoms. The fraction of sp³-hybridized carbons (Fsp3) is 0. The molecule has 0 radical (unpaired) electrons. The number of benzene rings is 2. The Morgan fingerprint density at radius 2 is 0.893 bits per heavy atom. The number of nitrogens with zero attached hydrogens (tertiary/aromatic N) is 4. The highest BCUT2D eigenvalue weighted by Crippen LogP contribution is 2.20. The Hall–Kier alpha value is -3.92. The van der Waals surface area contributed by atoms with Crippen LogP contribution < -0.4 is 0 Å². The zero-order valence-electron chi connectivity index (χ0n) is 15.2. The van der Waals surface area contributed by atoms with Gasteiger partial charge >= 0.3 is 0 Å². The van der Waals surface area contributed by atoms with Crippen molar-refractivity contribution in [2.75, 3.05) is 0 Å². The lowest BCUT2D eigenvalue weighted by atomic mass is 10.1. The van der Waals surface area contributed by atoms with E-state index in [0.717, 1.165) is 22.3 Å². The second-order valence-electron chi connectivity index (χ2n) is 6.10. The summed E-state index contributed by atoms with van der Waals surface area (Å²) in [5, 5.41) is 0. The van der Waals surface area contributed by atoms with Gasteiger partial charge in [-0.1, -0.05) is 60.7 Å². The lowest BCUT2D eigenvalue weighted by molar-refractivity contribution is 1.28. The van der Waals surface area contributed by atoms with Gasteiger partial charge in [-0.3, -0.25) is 0 Å². The van der Waals surface area contributed by atoms with Gasteiger partial charge in [0.1, 0.15) is 0 Å². The predicted octanol–water partition coefficient (Wildman–Crippen LogP) is 5.92. The lowest BCUT2D eigenvalue weighted by Gasteiger charge is -2.00. The van der Waals surface area contributed by atoms with Crippen molar-refractivity contribution in [3.63, 3.8) is 0 Å². The van der Waals surface area contributed by atoms with Gasteiger partial charge in [0.05, 0.1) is 0 Å². The monoisotopic (exact) mass is 362 g/mol. The van der Waals surface area contributed by atoms with Crippen LogP contribution >= 0.6 is 0 Å². The Kier molecular flexibility index (Phi) is 5.40. The van der Waals surface area contributed by atoms with Crippen LogP contribution in [0, 0.1) is 0 Å². The Bertz CT molecular complexity index is 978. The third-order valence-corrected chi connectivity index (χ3v) is 4.19. The fourth-order valence-electron chi connectivity index (χ4n) is 2.75. The van der Waals surface area contributed by atoms with E-state index in [9.17, 15) is 0 Å². The van der Waals surface area contributed by atoms with E-state index in [2.05, 4.69) is 44.2 Å². The smallest absolute Gasteiger partial charge is 0.151 e. The molecule has 0 unspecified atom stereocenters. The molecule has 0 fully saturated rings. The number of hydrogen-bond donors (Lipinski definition) is 0. The first-order valence-electron chi connectivity index (χ1n) is 8.98. The number of rotatable bonds is 5. The van der Waals surface area contributed by atoms with E-state index in [1.807, 2.05) is 73.1 Å². The molecule has 28 heavy (non-hydrogen) atoms. The van der Waals surface area contributed by atoms with Crippen molar-refractivity contribution in [2.45, 2.75) is 0 Å². The highest BCUT2D eigenvalue weighted by molar-refractivity contribution is 6.17. The maximum atomic E-state index is 4.37. The number of hydrogen-bond acceptors (Lipinski definition) is 4. The minimum atomic E-state index is 0.638. The average Bonchev–Trinajstić information content (AvgIpc) is 2.79. The molecule has 4 nitrogen and oxygen atoms in total. The van der Waals surface area contributed by atoms with Gasteiger partial charge in [0, 0.05) is 35.9 Å². The van der Waals surface area contributed by atoms with Gasteiger partial charge in [-0.05, 0) is 35.4 Å². The summed E-state index contributed by atoms with van der Waals surface area (Å²) < 4.78 is 0. The van der Waals surface area contributed by atoms with Crippen molar-refractivity contribution in [1.82, 2.24) is 9.97 Å². The zero-order chi connectivity index (χ0) is 19.0. The molecule has 0 bridgehead atoms. The van der Waals surface area contributed by atoms with Gasteiger partial charge < -0.3 is 0 Å². The summed E-state index contributed by atoms with van der Waals surface area (Å²) >= 11 is 0. The summed E-state index contributed by atoms with van der Waals surface area (Å²) in [7, 11) is 0. The first-order chi connectivity index (χ1) is 13.9. The van der Waals surface area contributed by atoms with E-state index < -0.39 is 0 Å². The molecular formula is C24H18N4. The molecule has 0 aliphatic heterocycles. The molecule has 0 amide bonds. The summed E-state index contributed by atoms with van der Waals surface area (Å²) in [4.78, 5) is 17.4. The predicted molar refractivity (Wildman–Crippen MR) is 116 cm³/mol. The van der Waals surface area contributed by atoms with Crippen LogP contribution in [-0.2, 0) is 0 Å². The third-order valence-electron chi connectivity index (χ3n) is 4.19. The molecule has 0 saturated heterocycles. The first-order valence-corrected chi connectivity index (χ1v) is 8.98. The Labute approximate surface area is 164 Å². The summed E-state index contributed by atoms with van der Waals surface area (Å²) in [6, 6.07) is 28.1. The molecule has 0 aliphatic rings. The van der Waals surface area contributed by atoms with Crippen molar-refractivity contribution in [2.24, 2.45) is 9.98 Å². The molecule has 4 heteroatoms. The largest absolute Gasteiger partial charge is 0.237 e. The third kappa shape index (κ3) is 4.43. The Morgan fingerprint density at radius 1 is 0.464 bits per heavy atom. The molecule has 2 heterocycles. The Balaban J connectivity index is 1.38. The summed E-state index contributed by atoms with van der Waals surface area (Å²) in [5.41, 5.74) is 4.40. The van der Waals surface area contributed by atoms with E-state index in [1.165, 1.54) is 0 Å². The number of pyridine rings is 2. The summed E-state index contributed by atoms with van der Waals surface area (Å²) in [5.74, 6) is 1.28. The van der Waals surface area contributed by atoms with Crippen LogP contribution in [0.15, 0.2) is 107 Å². The van der Waals surface area contributed by atoms with Gasteiger partial charge in [0.2, 0.25) is 0 Å². The van der Waals surface area contributed by atoms with Crippen molar-refractivity contribution in [3.05, 3.63) is 97.3 Å². The molecule has 4 aromatic rings. The van der Waals surface area contributed by atoms with Crippen molar-refractivity contribution >= 4 is 24.1 Å². The molecular weight excluding hydrogens is 344 g/mol. The quantitative estimate of drug-likeness (QED) is 0.414. The molecule has 4 rings (SSSR count). The molecule has 134 valence electrons. The van der Waals surface area contributed by atoms with Gasteiger partial charge in [0.15, 0.2) is 11.6 Å². The standard InChI is InChI=1S/C24H18N4/c1-3-7-19(8-4-1)21-11-13-23(27-17-21)25-15-16-26-24-14-12-22(18-28-24)20-9-5-2-6-10-20/h1-18H/b25-15+,26-16+. The molecule has 0 aliphatic carbocycles. The minimum Gasteiger partial charge on any atom is -0.237 e. The SMILES string of the molecule is C(/C=N/c1ccc(-c2ccccc2)cn1)=N\c1ccc(-c2ccccc2)cn1. The molecule has 0 saturated carbocycles. The molecule has 0 atom stereocenters. The van der Waals surface area contributed by atoms with Crippen LogP contribution in [0.3, 0.4) is 0 Å². The van der Waals surface area contributed by atoms with Crippen LogP contribution in [0.5, 0.6) is 0 Å². The van der Waals surface area contributed by atoms with Crippen molar-refractivity contribution in [3.8, 4) is 22.3 Å². The fourth-order valence-corrected chi connectivity index (χ4v) is 2.75. The van der Waals surface area contributed by atoms with Crippen LogP contribution in [0.2, 0.25) is 0 Å². The van der Waals surface area contributed by atoms with Gasteiger partial charge in [-0.25, -0.2) is 20.0 Å². The summed E-state index contributed by atoms with van der Waals surface area (Å²) in [6.07, 6.45) is 6.89. The number of aliphatic imine (C=N–C) groups is 2. The zero-order valence-corrected chi connectivity index (χ0v) is 15.2. The van der Waals surface area contributed by atoms with Crippen LogP contribution in [-0.4, -0.2) is 22.4 Å². The highest BCUT2D eigenvalue weighted by Gasteiger charge is 1.98. The summed E-state index contributed by atoms with van der Waals surface area (Å²) in [6.45, 7) is 0. The van der Waals surface area contributed by atoms with Crippen LogP contribution in [0.4, 0.5) is 11.6 Å². The molecule has 2 aromatic carbocycles. The van der Waals surface area contributed by atoms with Gasteiger partial charge in [0.25, 0.3) is 0 Å². The highest BCUT2D eigenvalue weighted by atomic mass is 14.9. The van der Waals surface area contributed by atoms with E-state index >= 15 is 0 Å². The maximum absolute atomic E-state index is 4.37. The van der Waals surface area contributed by atoms with Crippen LogP contribution in [0.1, 0.15) is 0 Å². The maximum Gasteiger partial charge on any atom is 0.151 e. The molecule has 2 aromatic heterocycles. The van der Waals surface area contributed by atoms with Gasteiger partial charge in [-0.15, -0.1) is 0 Å². The first kappa shape index (κ1) is 17.5. The number of aromatic nitrogens is 2. The van der Waals surface area contributed by atoms with Gasteiger partial charge in [-0.2, -0.15) is 0 Å². The Morgan fingerprint density at radius 3 is 1.25 bits per heavy atom.